The number of unbranched alkanes of at least 4 members (excludes halogenated alkanes) is 4. The van der Waals surface area contributed by atoms with Gasteiger partial charge in [-0.05, 0) is 163 Å². The summed E-state index contributed by atoms with van der Waals surface area (Å²) in [5.74, 6) is -10.3. The van der Waals surface area contributed by atoms with E-state index in [1.165, 1.54) is 6.92 Å². The van der Waals surface area contributed by atoms with E-state index in [0.29, 0.717) is 69.9 Å². The van der Waals surface area contributed by atoms with Gasteiger partial charge in [0.2, 0.25) is 65.0 Å². The van der Waals surface area contributed by atoms with Crippen molar-refractivity contribution in [2.75, 3.05) is 26.2 Å². The van der Waals surface area contributed by atoms with Crippen LogP contribution in [0.3, 0.4) is 0 Å². The van der Waals surface area contributed by atoms with Crippen LogP contribution in [0.1, 0.15) is 190 Å². The normalized spacial score (nSPS) is 15.0. The third-order valence-corrected chi connectivity index (χ3v) is 17.3. The SMILES string of the molecule is CC[C@H](C)[C@H](NC(=O)[C@H](CCCCN)NC(=O)[C@H](CCCCN)NC(=O)[C@H](Cc1ccccc1)NC(=O)[C@H](CC(C)C)NC(=O)[C@H](CCCCN)NC(=O)[C@H](Cc1ccccc1)NC(C)=O)C(=O)N[C@@H](CC(C)C)C(=O)N[C@@H](CCCCN)C(=O)N[C@H](C(=O)N[C@@H](CC(C)C)C(=O)O)C(C)C. The van der Waals surface area contributed by atoms with Gasteiger partial charge < -0.3 is 86.5 Å². The van der Waals surface area contributed by atoms with Gasteiger partial charge in [-0.1, -0.05) is 136 Å². The van der Waals surface area contributed by atoms with Crippen molar-refractivity contribution in [1.82, 2.24) is 58.5 Å². The van der Waals surface area contributed by atoms with Gasteiger partial charge in [0.1, 0.15) is 66.5 Å². The lowest BCUT2D eigenvalue weighted by Gasteiger charge is -2.30. The van der Waals surface area contributed by atoms with Crippen LogP contribution in [0.15, 0.2) is 60.7 Å². The van der Waals surface area contributed by atoms with Crippen LogP contribution in [-0.2, 0) is 70.4 Å². The van der Waals surface area contributed by atoms with E-state index in [-0.39, 0.29) is 95.2 Å². The summed E-state index contributed by atoms with van der Waals surface area (Å²) in [6, 6.07) is 4.35. The molecule has 0 aliphatic rings. The number of carbonyl (C=O) groups excluding carboxylic acids is 11. The van der Waals surface area contributed by atoms with E-state index < -0.39 is 149 Å². The fraction of sp³-hybridized carbons (Fsp3) is 0.671. The summed E-state index contributed by atoms with van der Waals surface area (Å²) in [7, 11) is 0. The molecule has 0 fully saturated rings. The molecule has 0 heterocycles. The van der Waals surface area contributed by atoms with Crippen molar-refractivity contribution in [2.45, 2.75) is 258 Å². The van der Waals surface area contributed by atoms with Gasteiger partial charge in [-0.25, -0.2) is 4.79 Å². The van der Waals surface area contributed by atoms with Crippen LogP contribution in [0, 0.1) is 29.6 Å². The number of benzene rings is 2. The number of nitrogens with two attached hydrogens (primary N) is 4. The molecule has 0 saturated heterocycles. The Morgan fingerprint density at radius 3 is 0.921 bits per heavy atom. The third-order valence-electron chi connectivity index (χ3n) is 17.3. The zero-order chi connectivity index (χ0) is 75.7. The molecule has 0 bridgehead atoms. The molecule has 0 spiro atoms. The number of amides is 11. The first-order valence-corrected chi connectivity index (χ1v) is 36.3. The largest absolute Gasteiger partial charge is 0.480 e. The monoisotopic (exact) mass is 1420 g/mol. The lowest BCUT2D eigenvalue weighted by Crippen LogP contribution is -2.61. The van der Waals surface area contributed by atoms with Gasteiger partial charge in [-0.2, -0.15) is 0 Å². The maximum Gasteiger partial charge on any atom is 0.326 e. The Morgan fingerprint density at radius 2 is 0.604 bits per heavy atom. The molecule has 0 unspecified atom stereocenters. The number of carboxylic acid groups (broad SMARTS) is 1. The van der Waals surface area contributed by atoms with Crippen molar-refractivity contribution in [1.29, 1.82) is 0 Å². The Balaban J connectivity index is 2.57. The molecule has 20 N–H and O–H groups in total. The topological polar surface area (TPSA) is 461 Å². The minimum absolute atomic E-state index is 0.0430. The van der Waals surface area contributed by atoms with Crippen molar-refractivity contribution in [3.05, 3.63) is 71.8 Å². The van der Waals surface area contributed by atoms with Crippen molar-refractivity contribution >= 4 is 70.9 Å². The fourth-order valence-electron chi connectivity index (χ4n) is 11.4. The van der Waals surface area contributed by atoms with E-state index in [0.717, 1.165) is 5.56 Å². The van der Waals surface area contributed by atoms with E-state index in [4.69, 9.17) is 22.9 Å². The van der Waals surface area contributed by atoms with Crippen molar-refractivity contribution in [2.24, 2.45) is 52.5 Å². The van der Waals surface area contributed by atoms with Crippen LogP contribution < -0.4 is 81.4 Å². The van der Waals surface area contributed by atoms with Crippen LogP contribution >= 0.6 is 0 Å². The summed E-state index contributed by atoms with van der Waals surface area (Å²) >= 11 is 0. The maximum absolute atomic E-state index is 14.9. The molecule has 28 heteroatoms. The van der Waals surface area contributed by atoms with Gasteiger partial charge in [-0.15, -0.1) is 0 Å². The number of nitrogens with one attached hydrogen (secondary N) is 11. The number of carboxylic acids is 1. The Hall–Kier alpha value is -8.08. The van der Waals surface area contributed by atoms with Crippen molar-refractivity contribution in [3.63, 3.8) is 0 Å². The second-order valence-electron chi connectivity index (χ2n) is 28.1. The van der Waals surface area contributed by atoms with E-state index in [2.05, 4.69) is 58.5 Å². The molecular weight excluding hydrogens is 1290 g/mol. The number of aliphatic carboxylic acids is 1. The molecule has 2 aromatic rings. The first-order chi connectivity index (χ1) is 47.9. The number of hydrogen-bond donors (Lipinski definition) is 16. The summed E-state index contributed by atoms with van der Waals surface area (Å²) in [6.07, 6.45) is 4.57. The molecule has 568 valence electrons. The Morgan fingerprint density at radius 1 is 0.337 bits per heavy atom. The molecule has 101 heavy (non-hydrogen) atoms. The molecule has 2 rings (SSSR count). The van der Waals surface area contributed by atoms with Gasteiger partial charge in [-0.3, -0.25) is 52.7 Å². The summed E-state index contributed by atoms with van der Waals surface area (Å²) in [4.78, 5) is 169. The van der Waals surface area contributed by atoms with Crippen LogP contribution in [0.25, 0.3) is 0 Å². The molecule has 0 aliphatic heterocycles. The van der Waals surface area contributed by atoms with Crippen molar-refractivity contribution in [3.8, 4) is 0 Å². The highest BCUT2D eigenvalue weighted by Gasteiger charge is 2.38. The third kappa shape index (κ3) is 34.9. The highest BCUT2D eigenvalue weighted by atomic mass is 16.4. The van der Waals surface area contributed by atoms with Gasteiger partial charge in [0.25, 0.3) is 0 Å². The lowest BCUT2D eigenvalue weighted by molar-refractivity contribution is -0.143. The van der Waals surface area contributed by atoms with Gasteiger partial charge in [0.05, 0.1) is 0 Å². The van der Waals surface area contributed by atoms with E-state index >= 15 is 0 Å². The zero-order valence-electron chi connectivity index (χ0n) is 61.7. The number of hydrogen-bond acceptors (Lipinski definition) is 16. The highest BCUT2D eigenvalue weighted by molar-refractivity contribution is 5.99. The minimum Gasteiger partial charge on any atom is -0.480 e. The quantitative estimate of drug-likeness (QED) is 0.0422. The standard InChI is InChI=1S/C73H123N15O13/c1-12-48(10)62(72(99)85-57(40-45(4)5)67(94)82-54(33-21-25-37-76)65(92)87-61(47(8)9)71(98)86-60(73(100)101)41-46(6)7)88-66(93)55(34-22-26-38-77)79-63(90)52(31-19-23-35-74)81-70(97)59(43-51-29-17-14-18-30-51)84-68(95)56(39-44(2)3)83-64(91)53(32-20-24-36-75)80-69(96)58(78-49(11)89)42-50-27-15-13-16-28-50/h13-18,27-30,44-48,52-62H,12,19-26,31-43,74-77H2,1-11H3,(H,78,89)(H,79,90)(H,80,96)(H,81,97)(H,82,94)(H,83,91)(H,84,95)(H,85,99)(H,86,98)(H,87,92)(H,88,93)(H,100,101)/t48-,52-,53-,54-,55-,56-,57-,58-,59-,60-,61-,62-/m0/s1. The van der Waals surface area contributed by atoms with Crippen LogP contribution in [0.2, 0.25) is 0 Å². The van der Waals surface area contributed by atoms with Gasteiger partial charge in [0.15, 0.2) is 0 Å². The predicted octanol–water partition coefficient (Wildman–Crippen LogP) is 2.27. The molecule has 0 aromatic heterocycles. The zero-order valence-corrected chi connectivity index (χ0v) is 61.7. The highest BCUT2D eigenvalue weighted by Crippen LogP contribution is 2.17. The minimum atomic E-state index is -1.35. The van der Waals surface area contributed by atoms with E-state index in [1.807, 2.05) is 66.7 Å². The Kier molecular flexibility index (Phi) is 42.9. The van der Waals surface area contributed by atoms with Crippen LogP contribution in [0.4, 0.5) is 0 Å². The molecule has 2 aromatic carbocycles. The second-order valence-corrected chi connectivity index (χ2v) is 28.1. The Labute approximate surface area is 598 Å². The van der Waals surface area contributed by atoms with Crippen LogP contribution in [0.5, 0.6) is 0 Å². The smallest absolute Gasteiger partial charge is 0.326 e. The molecule has 11 amide bonds. The number of rotatable bonds is 51. The lowest BCUT2D eigenvalue weighted by atomic mass is 9.95. The first-order valence-electron chi connectivity index (χ1n) is 36.3. The summed E-state index contributed by atoms with van der Waals surface area (Å²) in [5, 5.41) is 40.4. The summed E-state index contributed by atoms with van der Waals surface area (Å²) < 4.78 is 0. The molecule has 0 aliphatic carbocycles. The van der Waals surface area contributed by atoms with E-state index in [9.17, 15) is 62.6 Å². The molecule has 0 saturated carbocycles. The van der Waals surface area contributed by atoms with Gasteiger partial charge in [0, 0.05) is 19.8 Å². The average Bonchev–Trinajstić information content (AvgIpc) is 0.887. The maximum atomic E-state index is 14.9. The molecule has 0 radical (unpaired) electrons. The Bertz CT molecular complexity index is 2890. The predicted molar refractivity (Wildman–Crippen MR) is 389 cm³/mol. The fourth-order valence-corrected chi connectivity index (χ4v) is 11.4. The summed E-state index contributed by atoms with van der Waals surface area (Å²) in [5.41, 5.74) is 24.9. The molecule has 12 atom stereocenters. The number of carbonyl (C=O) groups is 12. The molecule has 28 nitrogen and oxygen atoms in total. The van der Waals surface area contributed by atoms with Crippen LogP contribution in [-0.4, -0.2) is 169 Å². The van der Waals surface area contributed by atoms with E-state index in [1.54, 1.807) is 63.2 Å². The van der Waals surface area contributed by atoms with Crippen molar-refractivity contribution < 1.29 is 62.6 Å². The van der Waals surface area contributed by atoms with Gasteiger partial charge >= 0.3 is 5.97 Å². The molecular formula is C73H123N15O13. The second kappa shape index (κ2) is 48.7. The average molecular weight is 1420 g/mol. The summed E-state index contributed by atoms with van der Waals surface area (Å²) in [6.45, 7) is 20.3. The first kappa shape index (κ1) is 89.0.